The van der Waals surface area contributed by atoms with Crippen molar-refractivity contribution in [2.45, 2.75) is 105 Å². The average Bonchev–Trinajstić information content (AvgIpc) is 4.18. The first kappa shape index (κ1) is 47.2. The van der Waals surface area contributed by atoms with Crippen LogP contribution in [0.2, 0.25) is 0 Å². The molecule has 0 saturated carbocycles. The predicted octanol–water partition coefficient (Wildman–Crippen LogP) is 18.5. The largest absolute Gasteiger partial charge is 0.456 e. The Hall–Kier alpha value is -8.54. The van der Waals surface area contributed by atoms with Crippen LogP contribution in [0, 0.1) is 6.57 Å². The van der Waals surface area contributed by atoms with Gasteiger partial charge in [-0.3, -0.25) is 9.13 Å². The summed E-state index contributed by atoms with van der Waals surface area (Å²) in [5.74, 6) is 1.44. The maximum Gasteiger partial charge on any atom is 0.240 e. The van der Waals surface area contributed by atoms with Gasteiger partial charge in [0.1, 0.15) is 11.2 Å². The van der Waals surface area contributed by atoms with Gasteiger partial charge in [0.25, 0.3) is 0 Å². The highest BCUT2D eigenvalue weighted by atomic mass is 16.3. The third kappa shape index (κ3) is 7.34. The van der Waals surface area contributed by atoms with Gasteiger partial charge in [0.05, 0.1) is 45.4 Å². The van der Waals surface area contributed by atoms with E-state index in [0.717, 1.165) is 93.0 Å². The minimum absolute atomic E-state index is 0.0698. The number of nitrogens with zero attached hydrogens (tertiary/aromatic N) is 7. The van der Waals surface area contributed by atoms with Crippen molar-refractivity contribution in [3.8, 4) is 29.0 Å². The molecular weight excluding hydrogens is 931 g/mol. The molecule has 0 fully saturated rings. The summed E-state index contributed by atoms with van der Waals surface area (Å²) in [6.07, 6.45) is 0. The first-order valence-electron chi connectivity index (χ1n) is 26.5. The fourth-order valence-electron chi connectivity index (χ4n) is 11.4. The monoisotopic (exact) mass is 991 g/mol. The maximum absolute atomic E-state index is 8.82. The highest BCUT2D eigenvalue weighted by Gasteiger charge is 2.27. The molecule has 0 amide bonds. The highest BCUT2D eigenvalue weighted by molar-refractivity contribution is 6.18. The molecule has 0 radical (unpaired) electrons. The number of hydrogen-bond acceptors (Lipinski definition) is 4. The molecule has 374 valence electrons. The molecule has 5 heterocycles. The standard InChI is InChI=1S/C68H61N7O/c1-65(2,3)40-23-28-54-46(33-40)47-34-41(66(4,5)6)24-29-55(47)74(54)63-70-62(71-64(72-63)75-56-30-25-42(67(7,8)9)35-48(56)49-36-43(68(10,11)12)26-31-57(49)75)39-22-27-58(52(32-39)69-13)73-53-20-16-14-18-44(53)50-37-51-45-19-15-17-21-60(45)76-61(51)38-59(50)73/h14-38H,1-12H3. The summed E-state index contributed by atoms with van der Waals surface area (Å²) < 4.78 is 13.1. The molecule has 0 saturated heterocycles. The van der Waals surface area contributed by atoms with Gasteiger partial charge in [-0.05, 0) is 123 Å². The zero-order valence-electron chi connectivity index (χ0n) is 45.5. The summed E-state index contributed by atoms with van der Waals surface area (Å²) in [5, 5.41) is 8.90. The molecule has 13 aromatic rings. The van der Waals surface area contributed by atoms with Crippen molar-refractivity contribution in [1.82, 2.24) is 28.7 Å². The minimum Gasteiger partial charge on any atom is -0.456 e. The van der Waals surface area contributed by atoms with Gasteiger partial charge >= 0.3 is 0 Å². The molecule has 5 aromatic heterocycles. The van der Waals surface area contributed by atoms with Crippen LogP contribution in [0.3, 0.4) is 0 Å². The molecule has 8 heteroatoms. The van der Waals surface area contributed by atoms with E-state index in [1.807, 2.05) is 24.3 Å². The smallest absolute Gasteiger partial charge is 0.240 e. The molecule has 0 N–H and O–H groups in total. The van der Waals surface area contributed by atoms with Crippen molar-refractivity contribution < 1.29 is 4.42 Å². The third-order valence-corrected chi connectivity index (χ3v) is 15.8. The molecule has 0 aliphatic carbocycles. The van der Waals surface area contributed by atoms with E-state index in [4.69, 9.17) is 25.9 Å². The highest BCUT2D eigenvalue weighted by Crippen LogP contribution is 2.43. The topological polar surface area (TPSA) is 71.0 Å². The minimum atomic E-state index is -0.0698. The van der Waals surface area contributed by atoms with Crippen LogP contribution in [0.4, 0.5) is 5.69 Å². The van der Waals surface area contributed by atoms with Gasteiger partial charge in [0, 0.05) is 54.7 Å². The molecule has 8 nitrogen and oxygen atoms in total. The number of benzene rings is 8. The number of furan rings is 1. The van der Waals surface area contributed by atoms with Gasteiger partial charge < -0.3 is 8.98 Å². The average molecular weight is 992 g/mol. The predicted molar refractivity (Wildman–Crippen MR) is 317 cm³/mol. The second-order valence-corrected chi connectivity index (χ2v) is 25.0. The van der Waals surface area contributed by atoms with Gasteiger partial charge in [-0.15, -0.1) is 0 Å². The van der Waals surface area contributed by atoms with Crippen LogP contribution in [0.1, 0.15) is 105 Å². The molecular formula is C68H61N7O. The van der Waals surface area contributed by atoms with Crippen LogP contribution in [-0.2, 0) is 21.7 Å². The van der Waals surface area contributed by atoms with Crippen molar-refractivity contribution in [2.24, 2.45) is 0 Å². The lowest BCUT2D eigenvalue weighted by atomic mass is 9.85. The van der Waals surface area contributed by atoms with Crippen molar-refractivity contribution in [2.75, 3.05) is 0 Å². The van der Waals surface area contributed by atoms with Crippen LogP contribution in [0.25, 0.3) is 121 Å². The quantitative estimate of drug-likeness (QED) is 0.165. The Labute approximate surface area is 443 Å². The molecule has 0 unspecified atom stereocenters. The maximum atomic E-state index is 8.82. The number of aromatic nitrogens is 6. The lowest BCUT2D eigenvalue weighted by Crippen LogP contribution is -2.12. The molecule has 8 aromatic carbocycles. The summed E-state index contributed by atoms with van der Waals surface area (Å²) in [7, 11) is 0. The van der Waals surface area contributed by atoms with E-state index < -0.39 is 0 Å². The van der Waals surface area contributed by atoms with E-state index in [1.54, 1.807) is 0 Å². The fraction of sp³-hybridized carbons (Fsp3) is 0.235. The Bertz CT molecular complexity index is 4320. The summed E-state index contributed by atoms with van der Waals surface area (Å²) in [6, 6.07) is 54.3. The second-order valence-electron chi connectivity index (χ2n) is 25.0. The number of rotatable bonds is 4. The number of hydrogen-bond donors (Lipinski definition) is 0. The van der Waals surface area contributed by atoms with E-state index in [-0.39, 0.29) is 21.7 Å². The van der Waals surface area contributed by atoms with Gasteiger partial charge in [-0.2, -0.15) is 15.0 Å². The second kappa shape index (κ2) is 16.2. The Morgan fingerprint density at radius 1 is 0.368 bits per heavy atom. The van der Waals surface area contributed by atoms with Crippen molar-refractivity contribution in [1.29, 1.82) is 0 Å². The van der Waals surface area contributed by atoms with Crippen molar-refractivity contribution in [3.05, 3.63) is 185 Å². The molecule has 0 spiro atoms. The van der Waals surface area contributed by atoms with Crippen molar-refractivity contribution >= 4 is 93.0 Å². The van der Waals surface area contributed by atoms with Crippen molar-refractivity contribution in [3.63, 3.8) is 0 Å². The van der Waals surface area contributed by atoms with E-state index >= 15 is 0 Å². The van der Waals surface area contributed by atoms with E-state index in [9.17, 15) is 0 Å². The Balaban J connectivity index is 1.09. The summed E-state index contributed by atoms with van der Waals surface area (Å²) in [5.41, 5.74) is 14.3. The number of fused-ring (bicyclic) bond motifs is 12. The lowest BCUT2D eigenvalue weighted by molar-refractivity contribution is 0.590. The van der Waals surface area contributed by atoms with Gasteiger partial charge in [0.2, 0.25) is 17.6 Å². The zero-order chi connectivity index (χ0) is 53.0. The Kier molecular flexibility index (Phi) is 10.1. The van der Waals surface area contributed by atoms with E-state index in [2.05, 4.69) is 229 Å². The molecule has 0 aliphatic heterocycles. The Morgan fingerprint density at radius 2 is 0.803 bits per heavy atom. The Morgan fingerprint density at radius 3 is 1.28 bits per heavy atom. The molecule has 0 bridgehead atoms. The molecule has 0 atom stereocenters. The van der Waals surface area contributed by atoms with Crippen LogP contribution in [0.5, 0.6) is 0 Å². The van der Waals surface area contributed by atoms with Crippen LogP contribution in [-0.4, -0.2) is 28.7 Å². The summed E-state index contributed by atoms with van der Waals surface area (Å²) in [6.45, 7) is 36.0. The van der Waals surface area contributed by atoms with Gasteiger partial charge in [-0.25, -0.2) is 4.85 Å². The first-order valence-corrected chi connectivity index (χ1v) is 26.5. The summed E-state index contributed by atoms with van der Waals surface area (Å²) >= 11 is 0. The SMILES string of the molecule is [C-]#[N+]c1cc(-c2nc(-n3c4ccc(C(C)(C)C)cc4c4cc(C(C)(C)C)ccc43)nc(-n3c4ccc(C(C)(C)C)cc4c4cc(C(C)(C)C)ccc43)n2)ccc1-n1c2ccccc2c2cc3c(cc21)oc1ccccc13. The van der Waals surface area contributed by atoms with E-state index in [0.29, 0.717) is 29.0 Å². The summed E-state index contributed by atoms with van der Waals surface area (Å²) in [4.78, 5) is 20.8. The van der Waals surface area contributed by atoms with E-state index in [1.165, 1.54) is 22.3 Å². The zero-order valence-corrected chi connectivity index (χ0v) is 45.5. The van der Waals surface area contributed by atoms with Gasteiger partial charge in [-0.1, -0.05) is 150 Å². The van der Waals surface area contributed by atoms with Gasteiger partial charge in [0.15, 0.2) is 5.82 Å². The van der Waals surface area contributed by atoms with Crippen LogP contribution in [0.15, 0.2) is 156 Å². The molecule has 0 aliphatic rings. The molecule has 76 heavy (non-hydrogen) atoms. The fourth-order valence-corrected chi connectivity index (χ4v) is 11.4. The third-order valence-electron chi connectivity index (χ3n) is 15.8. The van der Waals surface area contributed by atoms with Crippen LogP contribution >= 0.6 is 0 Å². The number of para-hydroxylation sites is 2. The lowest BCUT2D eigenvalue weighted by Gasteiger charge is -2.19. The normalized spacial score (nSPS) is 13.0. The van der Waals surface area contributed by atoms with Crippen LogP contribution < -0.4 is 0 Å². The first-order chi connectivity index (χ1) is 36.1. The molecule has 13 rings (SSSR count).